The molecule has 3 nitrogen and oxygen atoms in total. The van der Waals surface area contributed by atoms with Gasteiger partial charge in [0, 0.05) is 23.3 Å². The maximum atomic E-state index is 12.3. The standard InChI is InChI=1S/C18H19ClN2O/c19-16-5-3-14(4-6-16)1-2-15-9-12-21(18(22)13-15)17-7-10-20-11-8-17/h1-6,9,12-13,17,20H,7-8,10-11H2/b2-1+. The van der Waals surface area contributed by atoms with Crippen LogP contribution in [0.15, 0.2) is 47.4 Å². The lowest BCUT2D eigenvalue weighted by Crippen LogP contribution is -2.33. The third-order valence-electron chi connectivity index (χ3n) is 4.01. The largest absolute Gasteiger partial charge is 0.317 e. The number of halogens is 1. The second kappa shape index (κ2) is 6.95. The highest BCUT2D eigenvalue weighted by Crippen LogP contribution is 2.17. The van der Waals surface area contributed by atoms with Crippen LogP contribution in [0.2, 0.25) is 5.02 Å². The molecule has 2 heterocycles. The highest BCUT2D eigenvalue weighted by atomic mass is 35.5. The maximum Gasteiger partial charge on any atom is 0.251 e. The van der Waals surface area contributed by atoms with Gasteiger partial charge in [-0.1, -0.05) is 35.9 Å². The third kappa shape index (κ3) is 3.67. The van der Waals surface area contributed by atoms with Crippen LogP contribution < -0.4 is 10.9 Å². The van der Waals surface area contributed by atoms with E-state index in [1.807, 2.05) is 53.2 Å². The topological polar surface area (TPSA) is 34.0 Å². The van der Waals surface area contributed by atoms with Gasteiger partial charge in [0.15, 0.2) is 0 Å². The first-order valence-corrected chi connectivity index (χ1v) is 7.97. The smallest absolute Gasteiger partial charge is 0.251 e. The number of hydrogen-bond acceptors (Lipinski definition) is 2. The molecule has 2 aromatic rings. The molecule has 1 aliphatic rings. The van der Waals surface area contributed by atoms with E-state index in [4.69, 9.17) is 11.6 Å². The SMILES string of the molecule is O=c1cc(/C=C/c2ccc(Cl)cc2)ccn1C1CCNCC1. The van der Waals surface area contributed by atoms with E-state index in [0.717, 1.165) is 42.1 Å². The van der Waals surface area contributed by atoms with Crippen LogP contribution >= 0.6 is 11.6 Å². The summed E-state index contributed by atoms with van der Waals surface area (Å²) in [6, 6.07) is 11.6. The van der Waals surface area contributed by atoms with Crippen molar-refractivity contribution in [3.05, 3.63) is 69.1 Å². The molecule has 114 valence electrons. The lowest BCUT2D eigenvalue weighted by Gasteiger charge is -2.24. The second-order valence-electron chi connectivity index (χ2n) is 5.57. The van der Waals surface area contributed by atoms with Gasteiger partial charge in [-0.25, -0.2) is 0 Å². The predicted molar refractivity (Wildman–Crippen MR) is 92.2 cm³/mol. The van der Waals surface area contributed by atoms with Gasteiger partial charge in [-0.05, 0) is 55.3 Å². The van der Waals surface area contributed by atoms with E-state index in [9.17, 15) is 4.79 Å². The average molecular weight is 315 g/mol. The summed E-state index contributed by atoms with van der Waals surface area (Å²) in [6.45, 7) is 1.96. The Morgan fingerprint density at radius 1 is 1.05 bits per heavy atom. The van der Waals surface area contributed by atoms with Gasteiger partial charge in [0.25, 0.3) is 5.56 Å². The summed E-state index contributed by atoms with van der Waals surface area (Å²) in [4.78, 5) is 12.3. The van der Waals surface area contributed by atoms with Crippen molar-refractivity contribution in [3.63, 3.8) is 0 Å². The number of hydrogen-bond donors (Lipinski definition) is 1. The fourth-order valence-corrected chi connectivity index (χ4v) is 2.89. The summed E-state index contributed by atoms with van der Waals surface area (Å²) >= 11 is 5.87. The number of nitrogens with zero attached hydrogens (tertiary/aromatic N) is 1. The van der Waals surface area contributed by atoms with Crippen LogP contribution in [0.4, 0.5) is 0 Å². The number of nitrogens with one attached hydrogen (secondary N) is 1. The number of pyridine rings is 1. The van der Waals surface area contributed by atoms with Gasteiger partial charge in [0.05, 0.1) is 0 Å². The molecular formula is C18H19ClN2O. The Kier molecular flexibility index (Phi) is 4.76. The lowest BCUT2D eigenvalue weighted by atomic mass is 10.1. The first kappa shape index (κ1) is 15.1. The summed E-state index contributed by atoms with van der Waals surface area (Å²) < 4.78 is 1.86. The number of piperidine rings is 1. The van der Waals surface area contributed by atoms with Crippen LogP contribution in [0.5, 0.6) is 0 Å². The van der Waals surface area contributed by atoms with E-state index in [-0.39, 0.29) is 5.56 Å². The van der Waals surface area contributed by atoms with Crippen LogP contribution in [0.1, 0.15) is 30.0 Å². The molecule has 22 heavy (non-hydrogen) atoms. The van der Waals surface area contributed by atoms with Gasteiger partial charge < -0.3 is 9.88 Å². The fourth-order valence-electron chi connectivity index (χ4n) is 2.76. The van der Waals surface area contributed by atoms with Crippen molar-refractivity contribution in [3.8, 4) is 0 Å². The van der Waals surface area contributed by atoms with Crippen molar-refractivity contribution in [1.29, 1.82) is 0 Å². The predicted octanol–water partition coefficient (Wildman–Crippen LogP) is 3.60. The van der Waals surface area contributed by atoms with E-state index in [2.05, 4.69) is 5.32 Å². The van der Waals surface area contributed by atoms with Crippen LogP contribution in [0.3, 0.4) is 0 Å². The number of aromatic nitrogens is 1. The van der Waals surface area contributed by atoms with E-state index in [1.165, 1.54) is 0 Å². The Hall–Kier alpha value is -1.84. The lowest BCUT2D eigenvalue weighted by molar-refractivity contribution is 0.361. The molecule has 0 saturated carbocycles. The molecule has 1 aliphatic heterocycles. The Balaban J connectivity index is 1.76. The summed E-state index contributed by atoms with van der Waals surface area (Å²) in [6.07, 6.45) is 7.89. The molecule has 0 bridgehead atoms. The van der Waals surface area contributed by atoms with Crippen molar-refractivity contribution >= 4 is 23.8 Å². The minimum Gasteiger partial charge on any atom is -0.317 e. The fraction of sp³-hybridized carbons (Fsp3) is 0.278. The Bertz CT molecular complexity index is 713. The highest BCUT2D eigenvalue weighted by molar-refractivity contribution is 6.30. The summed E-state index contributed by atoms with van der Waals surface area (Å²) in [5.41, 5.74) is 2.06. The molecule has 1 N–H and O–H groups in total. The molecule has 3 rings (SSSR count). The summed E-state index contributed by atoms with van der Waals surface area (Å²) in [5.74, 6) is 0. The van der Waals surface area contributed by atoms with Crippen molar-refractivity contribution in [2.24, 2.45) is 0 Å². The molecule has 4 heteroatoms. The van der Waals surface area contributed by atoms with Crippen LogP contribution in [-0.2, 0) is 0 Å². The Morgan fingerprint density at radius 3 is 2.41 bits per heavy atom. The normalized spacial score (nSPS) is 16.2. The molecule has 0 amide bonds. The van der Waals surface area contributed by atoms with Crippen molar-refractivity contribution in [1.82, 2.24) is 9.88 Å². The first-order valence-electron chi connectivity index (χ1n) is 7.59. The molecular weight excluding hydrogens is 296 g/mol. The Labute approximate surface area is 135 Å². The van der Waals surface area contributed by atoms with E-state index in [0.29, 0.717) is 6.04 Å². The zero-order valence-corrected chi connectivity index (χ0v) is 13.1. The van der Waals surface area contributed by atoms with Crippen LogP contribution in [0, 0.1) is 0 Å². The van der Waals surface area contributed by atoms with Gasteiger partial charge in [-0.15, -0.1) is 0 Å². The number of rotatable bonds is 3. The van der Waals surface area contributed by atoms with Crippen LogP contribution in [0.25, 0.3) is 12.2 Å². The second-order valence-corrected chi connectivity index (χ2v) is 6.01. The molecule has 1 aromatic carbocycles. The van der Waals surface area contributed by atoms with Crippen molar-refractivity contribution in [2.75, 3.05) is 13.1 Å². The molecule has 1 aromatic heterocycles. The van der Waals surface area contributed by atoms with Crippen LogP contribution in [-0.4, -0.2) is 17.7 Å². The maximum absolute atomic E-state index is 12.3. The molecule has 0 atom stereocenters. The molecule has 0 unspecified atom stereocenters. The molecule has 1 saturated heterocycles. The first-order chi connectivity index (χ1) is 10.7. The van der Waals surface area contributed by atoms with Gasteiger partial charge in [-0.2, -0.15) is 0 Å². The minimum absolute atomic E-state index is 0.0742. The molecule has 0 aliphatic carbocycles. The average Bonchev–Trinajstić information content (AvgIpc) is 2.55. The molecule has 0 spiro atoms. The minimum atomic E-state index is 0.0742. The molecule has 0 radical (unpaired) electrons. The highest BCUT2D eigenvalue weighted by Gasteiger charge is 2.15. The Morgan fingerprint density at radius 2 is 1.73 bits per heavy atom. The van der Waals surface area contributed by atoms with E-state index in [1.54, 1.807) is 6.07 Å². The number of benzene rings is 1. The monoisotopic (exact) mass is 314 g/mol. The van der Waals surface area contributed by atoms with Gasteiger partial charge in [0.2, 0.25) is 0 Å². The summed E-state index contributed by atoms with van der Waals surface area (Å²) in [5, 5.41) is 4.05. The van der Waals surface area contributed by atoms with Gasteiger partial charge in [0.1, 0.15) is 0 Å². The summed E-state index contributed by atoms with van der Waals surface area (Å²) in [7, 11) is 0. The van der Waals surface area contributed by atoms with Crippen molar-refractivity contribution < 1.29 is 0 Å². The van der Waals surface area contributed by atoms with Crippen molar-refractivity contribution in [2.45, 2.75) is 18.9 Å². The van der Waals surface area contributed by atoms with Gasteiger partial charge >= 0.3 is 0 Å². The third-order valence-corrected chi connectivity index (χ3v) is 4.26. The molecule has 1 fully saturated rings. The quantitative estimate of drug-likeness (QED) is 0.939. The zero-order chi connectivity index (χ0) is 15.4. The van der Waals surface area contributed by atoms with Gasteiger partial charge in [-0.3, -0.25) is 4.79 Å². The van der Waals surface area contributed by atoms with E-state index < -0.39 is 0 Å². The zero-order valence-electron chi connectivity index (χ0n) is 12.3. The van der Waals surface area contributed by atoms with E-state index >= 15 is 0 Å².